The van der Waals surface area contributed by atoms with Crippen LogP contribution in [-0.4, -0.2) is 69.8 Å². The van der Waals surface area contributed by atoms with Gasteiger partial charge in [0.1, 0.15) is 6.10 Å². The monoisotopic (exact) mass is 526 g/mol. The number of hydrogen-bond donors (Lipinski definition) is 2. The third-order valence-electron chi connectivity index (χ3n) is 9.87. The Balaban J connectivity index is 1.23. The van der Waals surface area contributed by atoms with E-state index >= 15 is 0 Å². The van der Waals surface area contributed by atoms with Gasteiger partial charge in [0.05, 0.1) is 23.5 Å². The minimum Gasteiger partial charge on any atom is -0.504 e. The van der Waals surface area contributed by atoms with Crippen molar-refractivity contribution in [1.29, 1.82) is 0 Å². The number of furan rings is 1. The van der Waals surface area contributed by atoms with Crippen molar-refractivity contribution in [3.8, 4) is 11.5 Å². The van der Waals surface area contributed by atoms with Gasteiger partial charge in [0, 0.05) is 49.3 Å². The zero-order valence-corrected chi connectivity index (χ0v) is 22.1. The molecule has 5 atom stereocenters. The lowest BCUT2D eigenvalue weighted by Crippen LogP contribution is -2.77. The molecule has 2 aliphatic carbocycles. The molecule has 1 saturated carbocycles. The van der Waals surface area contributed by atoms with E-state index in [4.69, 9.17) is 9.15 Å². The fourth-order valence-corrected chi connectivity index (χ4v) is 7.95. The van der Waals surface area contributed by atoms with Crippen LogP contribution in [0.5, 0.6) is 11.5 Å². The molecular formula is C32H34N2O5. The summed E-state index contributed by atoms with van der Waals surface area (Å²) in [5, 5.41) is 23.7. The number of aliphatic hydroxyl groups is 1. The van der Waals surface area contributed by atoms with Crippen molar-refractivity contribution in [1.82, 2.24) is 9.80 Å². The Hall–Kier alpha value is -3.55. The van der Waals surface area contributed by atoms with Gasteiger partial charge in [-0.25, -0.2) is 0 Å². The first-order chi connectivity index (χ1) is 18.9. The minimum absolute atomic E-state index is 0.100. The van der Waals surface area contributed by atoms with Gasteiger partial charge in [-0.2, -0.15) is 0 Å². The highest BCUT2D eigenvalue weighted by molar-refractivity contribution is 5.91. The molecule has 39 heavy (non-hydrogen) atoms. The number of ether oxygens (including phenoxy) is 1. The molecular weight excluding hydrogens is 492 g/mol. The molecule has 202 valence electrons. The molecule has 1 amide bonds. The van der Waals surface area contributed by atoms with Gasteiger partial charge in [-0.05, 0) is 61.6 Å². The number of likely N-dealkylation sites (N-methyl/N-ethyl adjacent to an activating group) is 1. The van der Waals surface area contributed by atoms with Crippen molar-refractivity contribution in [3.63, 3.8) is 0 Å². The van der Waals surface area contributed by atoms with Crippen LogP contribution in [-0.2, 0) is 23.1 Å². The Morgan fingerprint density at radius 2 is 2.05 bits per heavy atom. The van der Waals surface area contributed by atoms with Crippen molar-refractivity contribution in [2.24, 2.45) is 0 Å². The van der Waals surface area contributed by atoms with Crippen LogP contribution in [0.3, 0.4) is 0 Å². The van der Waals surface area contributed by atoms with E-state index < -0.39 is 11.0 Å². The summed E-state index contributed by atoms with van der Waals surface area (Å²) in [7, 11) is 1.81. The largest absolute Gasteiger partial charge is 0.504 e. The highest BCUT2D eigenvalue weighted by Gasteiger charge is 2.72. The van der Waals surface area contributed by atoms with Crippen molar-refractivity contribution >= 4 is 12.0 Å². The Morgan fingerprint density at radius 1 is 1.21 bits per heavy atom. The average molecular weight is 527 g/mol. The second-order valence-corrected chi connectivity index (χ2v) is 11.6. The zero-order chi connectivity index (χ0) is 26.8. The quantitative estimate of drug-likeness (QED) is 0.474. The molecule has 7 nitrogen and oxygen atoms in total. The van der Waals surface area contributed by atoms with Crippen LogP contribution in [0.1, 0.15) is 41.5 Å². The number of carbonyl (C=O) groups excluding carboxylic acids is 1. The summed E-state index contributed by atoms with van der Waals surface area (Å²) in [5.74, 6) is 0.539. The number of benzene rings is 2. The van der Waals surface area contributed by atoms with Gasteiger partial charge < -0.3 is 24.3 Å². The summed E-state index contributed by atoms with van der Waals surface area (Å²) in [5.41, 5.74) is 2.59. The standard InChI is InChI=1S/C32H34N2O5/c1-33(28(36)10-7-22-12-16-38-20-22)24-18-27-31-13-15-34(14-11-21-5-3-2-4-6-21)26(32(31,37)19-24)17-23-8-9-25(35)30(39-27)29(23)31/h2-10,12,16,20,24,26-27,35,37H,11,13-15,17-19H2,1H3/b10-7+/t24?,26-,27?,31-,32-/m1/s1. The molecule has 7 heteroatoms. The number of carbonyl (C=O) groups is 1. The Kier molecular flexibility index (Phi) is 5.65. The number of amides is 1. The minimum atomic E-state index is -1.09. The molecule has 3 heterocycles. The first-order valence-electron chi connectivity index (χ1n) is 13.9. The maximum Gasteiger partial charge on any atom is 0.246 e. The summed E-state index contributed by atoms with van der Waals surface area (Å²) in [4.78, 5) is 17.4. The maximum absolute atomic E-state index is 13.2. The van der Waals surface area contributed by atoms with E-state index in [1.54, 1.807) is 41.7 Å². The highest BCUT2D eigenvalue weighted by atomic mass is 16.5. The Morgan fingerprint density at radius 3 is 2.85 bits per heavy atom. The van der Waals surface area contributed by atoms with Crippen LogP contribution in [0.2, 0.25) is 0 Å². The zero-order valence-electron chi connectivity index (χ0n) is 22.1. The predicted molar refractivity (Wildman–Crippen MR) is 147 cm³/mol. The van der Waals surface area contributed by atoms with Crippen molar-refractivity contribution in [3.05, 3.63) is 89.4 Å². The third kappa shape index (κ3) is 3.60. The SMILES string of the molecule is CN(C(=O)/C=C/c1ccoc1)C1CC2Oc3c(O)ccc4c3[C@@]23CCN(CCc2ccccc2)[C@H](C4)[C@]3(O)C1. The van der Waals surface area contributed by atoms with Crippen LogP contribution >= 0.6 is 0 Å². The number of aromatic hydroxyl groups is 1. The van der Waals surface area contributed by atoms with Gasteiger partial charge in [0.15, 0.2) is 11.5 Å². The topological polar surface area (TPSA) is 86.4 Å². The number of piperidine rings is 1. The number of likely N-dealkylation sites (tertiary alicyclic amines) is 1. The predicted octanol–water partition coefficient (Wildman–Crippen LogP) is 3.92. The van der Waals surface area contributed by atoms with E-state index in [-0.39, 0.29) is 29.8 Å². The number of rotatable bonds is 6. The van der Waals surface area contributed by atoms with Crippen LogP contribution in [0.4, 0.5) is 0 Å². The Bertz CT molecular complexity index is 1420. The molecule has 0 radical (unpaired) electrons. The number of phenols is 1. The molecule has 3 aromatic rings. The molecule has 2 aliphatic heterocycles. The summed E-state index contributed by atoms with van der Waals surface area (Å²) in [6, 6.07) is 15.7. The molecule has 2 N–H and O–H groups in total. The fourth-order valence-electron chi connectivity index (χ4n) is 7.95. The summed E-state index contributed by atoms with van der Waals surface area (Å²) in [6.45, 7) is 1.72. The van der Waals surface area contributed by atoms with Gasteiger partial charge in [0.25, 0.3) is 0 Å². The highest BCUT2D eigenvalue weighted by Crippen LogP contribution is 2.65. The molecule has 2 bridgehead atoms. The summed E-state index contributed by atoms with van der Waals surface area (Å²) in [6.07, 6.45) is 9.60. The lowest BCUT2D eigenvalue weighted by Gasteiger charge is -2.64. The van der Waals surface area contributed by atoms with Crippen molar-refractivity contribution < 1.29 is 24.2 Å². The first kappa shape index (κ1) is 24.5. The molecule has 1 aromatic heterocycles. The first-order valence-corrected chi connectivity index (χ1v) is 13.9. The van der Waals surface area contributed by atoms with Gasteiger partial charge in [-0.1, -0.05) is 36.4 Å². The van der Waals surface area contributed by atoms with E-state index in [2.05, 4.69) is 29.2 Å². The van der Waals surface area contributed by atoms with Crippen LogP contribution in [0, 0.1) is 0 Å². The van der Waals surface area contributed by atoms with Crippen LogP contribution in [0.25, 0.3) is 6.08 Å². The second-order valence-electron chi connectivity index (χ2n) is 11.6. The van der Waals surface area contributed by atoms with Crippen LogP contribution < -0.4 is 4.74 Å². The van der Waals surface area contributed by atoms with Gasteiger partial charge in [-0.3, -0.25) is 9.69 Å². The van der Waals surface area contributed by atoms with E-state index in [1.165, 1.54) is 5.56 Å². The summed E-state index contributed by atoms with van der Waals surface area (Å²) < 4.78 is 11.6. The number of phenolic OH excluding ortho intramolecular Hbond substituents is 1. The number of nitrogens with zero attached hydrogens (tertiary/aromatic N) is 2. The molecule has 1 spiro atoms. The van der Waals surface area contributed by atoms with Gasteiger partial charge >= 0.3 is 0 Å². The molecule has 4 aliphatic rings. The van der Waals surface area contributed by atoms with E-state index in [1.807, 2.05) is 19.2 Å². The molecule has 2 unspecified atom stereocenters. The van der Waals surface area contributed by atoms with E-state index in [9.17, 15) is 15.0 Å². The second kappa shape index (κ2) is 9.00. The Labute approximate surface area is 228 Å². The molecule has 2 aromatic carbocycles. The fraction of sp³-hybridized carbons (Fsp3) is 0.406. The van der Waals surface area contributed by atoms with Crippen molar-refractivity contribution in [2.45, 2.75) is 61.3 Å². The van der Waals surface area contributed by atoms with E-state index in [0.29, 0.717) is 25.0 Å². The smallest absolute Gasteiger partial charge is 0.246 e. The summed E-state index contributed by atoms with van der Waals surface area (Å²) >= 11 is 0. The van der Waals surface area contributed by atoms with Gasteiger partial charge in [0.2, 0.25) is 5.91 Å². The molecule has 1 saturated heterocycles. The molecule has 7 rings (SSSR count). The van der Waals surface area contributed by atoms with Crippen molar-refractivity contribution in [2.75, 3.05) is 20.1 Å². The lowest BCUT2D eigenvalue weighted by molar-refractivity contribution is -0.197. The van der Waals surface area contributed by atoms with E-state index in [0.717, 1.165) is 42.6 Å². The lowest BCUT2D eigenvalue weighted by atomic mass is 9.48. The normalized spacial score (nSPS) is 30.7. The number of hydrogen-bond acceptors (Lipinski definition) is 6. The van der Waals surface area contributed by atoms with Gasteiger partial charge in [-0.15, -0.1) is 0 Å². The third-order valence-corrected chi connectivity index (χ3v) is 9.87. The maximum atomic E-state index is 13.2. The van der Waals surface area contributed by atoms with Crippen LogP contribution in [0.15, 0.2) is 71.6 Å². The average Bonchev–Trinajstić information content (AvgIpc) is 3.58. The molecule has 2 fully saturated rings.